The number of rotatable bonds is 2. The van der Waals surface area contributed by atoms with E-state index in [0.717, 1.165) is 12.1 Å². The van der Waals surface area contributed by atoms with Crippen LogP contribution in [0.1, 0.15) is 12.0 Å². The molecule has 0 saturated heterocycles. The first kappa shape index (κ1) is 10.7. The van der Waals surface area contributed by atoms with E-state index in [1.54, 1.807) is 0 Å². The monoisotopic (exact) mass is 211 g/mol. The van der Waals surface area contributed by atoms with E-state index in [1.165, 1.54) is 0 Å². The molecule has 1 nitrogen and oxygen atoms in total. The molecular weight excluding hydrogens is 207 g/mol. The van der Waals surface area contributed by atoms with Gasteiger partial charge in [0.25, 0.3) is 6.43 Å². The van der Waals surface area contributed by atoms with E-state index in [9.17, 15) is 22.0 Å². The van der Waals surface area contributed by atoms with E-state index >= 15 is 0 Å². The summed E-state index contributed by atoms with van der Waals surface area (Å²) >= 11 is 0. The SMILES string of the molecule is FC(F)c1c[c]cc(OC(F)(F)F)c1. The number of alkyl halides is 5. The fraction of sp³-hybridized carbons (Fsp3) is 0.250. The molecule has 0 spiro atoms. The van der Waals surface area contributed by atoms with Crippen LogP contribution in [0, 0.1) is 6.07 Å². The summed E-state index contributed by atoms with van der Waals surface area (Å²) in [6.07, 6.45) is -7.72. The lowest BCUT2D eigenvalue weighted by atomic mass is 10.2. The van der Waals surface area contributed by atoms with Crippen LogP contribution in [0.25, 0.3) is 0 Å². The van der Waals surface area contributed by atoms with Crippen LogP contribution < -0.4 is 4.74 Å². The summed E-state index contributed by atoms with van der Waals surface area (Å²) in [4.78, 5) is 0. The maximum atomic E-state index is 12.0. The van der Waals surface area contributed by atoms with Crippen molar-refractivity contribution in [1.29, 1.82) is 0 Å². The smallest absolute Gasteiger partial charge is 0.406 e. The van der Waals surface area contributed by atoms with Crippen LogP contribution in [0.2, 0.25) is 0 Å². The second-order valence-electron chi connectivity index (χ2n) is 2.35. The van der Waals surface area contributed by atoms with Gasteiger partial charge in [0.05, 0.1) is 0 Å². The summed E-state index contributed by atoms with van der Waals surface area (Å²) in [5, 5.41) is 0. The Morgan fingerprint density at radius 3 is 2.36 bits per heavy atom. The van der Waals surface area contributed by atoms with Gasteiger partial charge in [0.2, 0.25) is 0 Å². The first-order valence-corrected chi connectivity index (χ1v) is 3.43. The van der Waals surface area contributed by atoms with Gasteiger partial charge in [0, 0.05) is 5.56 Å². The van der Waals surface area contributed by atoms with E-state index in [2.05, 4.69) is 10.8 Å². The quantitative estimate of drug-likeness (QED) is 0.681. The first-order chi connectivity index (χ1) is 6.38. The summed E-state index contributed by atoms with van der Waals surface area (Å²) in [6, 6.07) is 4.48. The summed E-state index contributed by atoms with van der Waals surface area (Å²) < 4.78 is 62.4. The molecule has 0 aliphatic heterocycles. The molecule has 6 heteroatoms. The molecule has 0 fully saturated rings. The third kappa shape index (κ3) is 3.20. The van der Waals surface area contributed by atoms with Crippen molar-refractivity contribution in [3.8, 4) is 5.75 Å². The molecule has 0 bridgehead atoms. The Hall–Kier alpha value is -1.33. The summed E-state index contributed by atoms with van der Waals surface area (Å²) in [5.41, 5.74) is -0.563. The van der Waals surface area contributed by atoms with Gasteiger partial charge in [-0.15, -0.1) is 13.2 Å². The molecule has 1 rings (SSSR count). The normalized spacial score (nSPS) is 11.9. The molecule has 0 saturated carbocycles. The second-order valence-corrected chi connectivity index (χ2v) is 2.35. The lowest BCUT2D eigenvalue weighted by Crippen LogP contribution is -2.17. The number of hydrogen-bond acceptors (Lipinski definition) is 1. The average molecular weight is 211 g/mol. The van der Waals surface area contributed by atoms with E-state index in [0.29, 0.717) is 6.07 Å². The molecule has 0 atom stereocenters. The minimum atomic E-state index is -4.88. The molecule has 0 amide bonds. The molecule has 1 aromatic rings. The summed E-state index contributed by atoms with van der Waals surface area (Å²) in [7, 11) is 0. The largest absolute Gasteiger partial charge is 0.573 e. The highest BCUT2D eigenvalue weighted by Crippen LogP contribution is 2.26. The molecule has 1 aromatic carbocycles. The van der Waals surface area contributed by atoms with Crippen LogP contribution in [0.15, 0.2) is 18.2 Å². The highest BCUT2D eigenvalue weighted by molar-refractivity contribution is 5.28. The standard InChI is InChI=1S/C8H4F5O/c9-7(10)5-2-1-3-6(4-5)14-8(11,12)13/h2-4,7H. The highest BCUT2D eigenvalue weighted by Gasteiger charge is 2.31. The van der Waals surface area contributed by atoms with Crippen LogP contribution in [-0.4, -0.2) is 6.36 Å². The molecule has 77 valence electrons. The zero-order valence-electron chi connectivity index (χ0n) is 6.61. The van der Waals surface area contributed by atoms with Gasteiger partial charge < -0.3 is 4.74 Å². The highest BCUT2D eigenvalue weighted by atomic mass is 19.4. The van der Waals surface area contributed by atoms with E-state index in [-0.39, 0.29) is 0 Å². The van der Waals surface area contributed by atoms with Crippen molar-refractivity contribution >= 4 is 0 Å². The van der Waals surface area contributed by atoms with Gasteiger partial charge in [-0.05, 0) is 24.3 Å². The molecule has 1 radical (unpaired) electrons. The van der Waals surface area contributed by atoms with Gasteiger partial charge in [-0.25, -0.2) is 8.78 Å². The Kier molecular flexibility index (Phi) is 2.93. The number of halogens is 5. The van der Waals surface area contributed by atoms with Crippen LogP contribution in [0.3, 0.4) is 0 Å². The van der Waals surface area contributed by atoms with E-state index in [1.807, 2.05) is 0 Å². The minimum Gasteiger partial charge on any atom is -0.406 e. The van der Waals surface area contributed by atoms with Gasteiger partial charge in [0.1, 0.15) is 5.75 Å². The van der Waals surface area contributed by atoms with Gasteiger partial charge in [-0.1, -0.05) is 0 Å². The van der Waals surface area contributed by atoms with Gasteiger partial charge in [0.15, 0.2) is 0 Å². The Balaban J connectivity index is 2.84. The molecular formula is C8H4F5O. The van der Waals surface area contributed by atoms with Crippen LogP contribution in [-0.2, 0) is 0 Å². The second kappa shape index (κ2) is 3.81. The molecule has 0 aliphatic rings. The molecule has 0 N–H and O–H groups in total. The number of ether oxygens (including phenoxy) is 1. The Morgan fingerprint density at radius 1 is 1.21 bits per heavy atom. The van der Waals surface area contributed by atoms with E-state index in [4.69, 9.17) is 0 Å². The first-order valence-electron chi connectivity index (χ1n) is 3.43. The maximum Gasteiger partial charge on any atom is 0.573 e. The number of hydrogen-bond donors (Lipinski definition) is 0. The maximum absolute atomic E-state index is 12.0. The molecule has 0 aromatic heterocycles. The van der Waals surface area contributed by atoms with Crippen molar-refractivity contribution in [2.24, 2.45) is 0 Å². The Labute approximate surface area is 76.1 Å². The van der Waals surface area contributed by atoms with Gasteiger partial charge in [-0.3, -0.25) is 0 Å². The van der Waals surface area contributed by atoms with Crippen LogP contribution in [0.5, 0.6) is 5.75 Å². The van der Waals surface area contributed by atoms with Crippen molar-refractivity contribution in [2.45, 2.75) is 12.8 Å². The lowest BCUT2D eigenvalue weighted by molar-refractivity contribution is -0.274. The molecule has 0 unspecified atom stereocenters. The Morgan fingerprint density at radius 2 is 1.86 bits per heavy atom. The fourth-order valence-corrected chi connectivity index (χ4v) is 0.786. The van der Waals surface area contributed by atoms with Crippen molar-refractivity contribution in [1.82, 2.24) is 0 Å². The summed E-state index contributed by atoms with van der Waals surface area (Å²) in [6.45, 7) is 0. The minimum absolute atomic E-state index is 0.563. The molecule has 0 aliphatic carbocycles. The lowest BCUT2D eigenvalue weighted by Gasteiger charge is -2.09. The third-order valence-corrected chi connectivity index (χ3v) is 1.27. The van der Waals surface area contributed by atoms with Crippen molar-refractivity contribution in [2.75, 3.05) is 0 Å². The van der Waals surface area contributed by atoms with Crippen molar-refractivity contribution in [3.63, 3.8) is 0 Å². The molecule has 0 heterocycles. The number of benzene rings is 1. The Bertz CT molecular complexity index is 307. The fourth-order valence-electron chi connectivity index (χ4n) is 0.786. The topological polar surface area (TPSA) is 9.23 Å². The van der Waals surface area contributed by atoms with Crippen molar-refractivity contribution < 1.29 is 26.7 Å². The zero-order chi connectivity index (χ0) is 10.8. The van der Waals surface area contributed by atoms with Crippen LogP contribution >= 0.6 is 0 Å². The van der Waals surface area contributed by atoms with Crippen LogP contribution in [0.4, 0.5) is 22.0 Å². The predicted molar refractivity (Wildman–Crippen MR) is 36.9 cm³/mol. The van der Waals surface area contributed by atoms with Gasteiger partial charge >= 0.3 is 6.36 Å². The predicted octanol–water partition coefficient (Wildman–Crippen LogP) is 3.32. The van der Waals surface area contributed by atoms with Gasteiger partial charge in [-0.2, -0.15) is 0 Å². The van der Waals surface area contributed by atoms with Crippen molar-refractivity contribution in [3.05, 3.63) is 29.8 Å². The average Bonchev–Trinajstić information content (AvgIpc) is 2.01. The molecule has 14 heavy (non-hydrogen) atoms. The zero-order valence-corrected chi connectivity index (χ0v) is 6.61. The summed E-state index contributed by atoms with van der Waals surface area (Å²) in [5.74, 6) is -0.699. The third-order valence-electron chi connectivity index (χ3n) is 1.27. The van der Waals surface area contributed by atoms with E-state index < -0.39 is 24.1 Å².